The minimum Gasteiger partial charge on any atom is -0.456 e. The van der Waals surface area contributed by atoms with Crippen molar-refractivity contribution in [3.05, 3.63) is 217 Å². The zero-order valence-corrected chi connectivity index (χ0v) is 31.4. The lowest BCUT2D eigenvalue weighted by molar-refractivity contribution is 0.669. The minimum absolute atomic E-state index is 0.378. The summed E-state index contributed by atoms with van der Waals surface area (Å²) >= 11 is 0. The second kappa shape index (κ2) is 13.1. The molecule has 10 aromatic rings. The minimum atomic E-state index is -0.378. The fourth-order valence-electron chi connectivity index (χ4n) is 9.00. The first kappa shape index (κ1) is 33.0. The van der Waals surface area contributed by atoms with Crippen molar-refractivity contribution in [2.24, 2.45) is 0 Å². The van der Waals surface area contributed by atoms with E-state index < -0.39 is 0 Å². The highest BCUT2D eigenvalue weighted by Gasteiger charge is 2.42. The number of benzene rings is 8. The number of para-hydroxylation sites is 1. The summed E-state index contributed by atoms with van der Waals surface area (Å²) < 4.78 is 6.26. The molecule has 1 aliphatic rings. The van der Waals surface area contributed by atoms with Crippen LogP contribution in [0.2, 0.25) is 0 Å². The number of furan rings is 1. The second-order valence-electron chi connectivity index (χ2n) is 15.0. The molecule has 268 valence electrons. The van der Waals surface area contributed by atoms with Gasteiger partial charge in [0, 0.05) is 32.9 Å². The summed E-state index contributed by atoms with van der Waals surface area (Å²) in [6.07, 6.45) is 0. The molecule has 1 atom stereocenters. The van der Waals surface area contributed by atoms with E-state index in [0.717, 1.165) is 61.1 Å². The molecular formula is C54H36N2O. The second-order valence-corrected chi connectivity index (χ2v) is 15.0. The molecule has 0 saturated carbocycles. The lowest BCUT2D eigenvalue weighted by Crippen LogP contribution is -2.22. The van der Waals surface area contributed by atoms with E-state index in [4.69, 9.17) is 14.4 Å². The molecule has 0 amide bonds. The number of rotatable bonds is 6. The quantitative estimate of drug-likeness (QED) is 0.171. The first-order valence-electron chi connectivity index (χ1n) is 19.5. The molecule has 0 aliphatic heterocycles. The Hall–Kier alpha value is -7.36. The van der Waals surface area contributed by atoms with Crippen molar-refractivity contribution >= 4 is 21.9 Å². The molecular weight excluding hydrogens is 693 g/mol. The van der Waals surface area contributed by atoms with Crippen LogP contribution in [0.15, 0.2) is 205 Å². The number of hydrogen-bond donors (Lipinski definition) is 0. The van der Waals surface area contributed by atoms with Gasteiger partial charge in [0.2, 0.25) is 0 Å². The fourth-order valence-corrected chi connectivity index (χ4v) is 9.00. The molecule has 8 aromatic carbocycles. The molecule has 0 N–H and O–H groups in total. The average molecular weight is 729 g/mol. The van der Waals surface area contributed by atoms with Gasteiger partial charge in [0.25, 0.3) is 0 Å². The van der Waals surface area contributed by atoms with Gasteiger partial charge in [-0.1, -0.05) is 170 Å². The van der Waals surface area contributed by atoms with Crippen LogP contribution in [0.4, 0.5) is 0 Å². The van der Waals surface area contributed by atoms with Gasteiger partial charge < -0.3 is 4.42 Å². The Balaban J connectivity index is 1.10. The Morgan fingerprint density at radius 3 is 1.79 bits per heavy atom. The highest BCUT2D eigenvalue weighted by atomic mass is 16.3. The third-order valence-electron chi connectivity index (χ3n) is 11.8. The van der Waals surface area contributed by atoms with Gasteiger partial charge in [0.15, 0.2) is 5.82 Å². The van der Waals surface area contributed by atoms with Crippen LogP contribution in [-0.4, -0.2) is 9.97 Å². The largest absolute Gasteiger partial charge is 0.456 e. The maximum Gasteiger partial charge on any atom is 0.160 e. The monoisotopic (exact) mass is 728 g/mol. The van der Waals surface area contributed by atoms with Gasteiger partial charge in [0.1, 0.15) is 11.2 Å². The normalized spacial score (nSPS) is 14.5. The third kappa shape index (κ3) is 5.35. The van der Waals surface area contributed by atoms with Crippen LogP contribution in [0, 0.1) is 0 Å². The van der Waals surface area contributed by atoms with E-state index in [2.05, 4.69) is 171 Å². The Kier molecular flexibility index (Phi) is 7.61. The molecule has 0 spiro atoms. The first-order chi connectivity index (χ1) is 28.1. The lowest BCUT2D eigenvalue weighted by Gasteiger charge is -2.28. The van der Waals surface area contributed by atoms with Gasteiger partial charge in [-0.2, -0.15) is 0 Å². The van der Waals surface area contributed by atoms with E-state index >= 15 is 0 Å². The van der Waals surface area contributed by atoms with Gasteiger partial charge in [-0.15, -0.1) is 0 Å². The van der Waals surface area contributed by atoms with Crippen LogP contribution in [0.1, 0.15) is 23.6 Å². The molecule has 11 rings (SSSR count). The Bertz CT molecular complexity index is 3130. The molecule has 0 bridgehead atoms. The lowest BCUT2D eigenvalue weighted by atomic mass is 9.73. The van der Waals surface area contributed by atoms with Crippen molar-refractivity contribution in [3.63, 3.8) is 0 Å². The molecule has 57 heavy (non-hydrogen) atoms. The Morgan fingerprint density at radius 2 is 1.00 bits per heavy atom. The van der Waals surface area contributed by atoms with Crippen LogP contribution >= 0.6 is 0 Å². The first-order valence-corrected chi connectivity index (χ1v) is 19.5. The van der Waals surface area contributed by atoms with E-state index in [1.54, 1.807) is 0 Å². The molecule has 0 radical (unpaired) electrons. The van der Waals surface area contributed by atoms with E-state index in [0.29, 0.717) is 5.82 Å². The number of hydrogen-bond acceptors (Lipinski definition) is 3. The van der Waals surface area contributed by atoms with Crippen molar-refractivity contribution in [3.8, 4) is 67.3 Å². The number of fused-ring (bicyclic) bond motifs is 6. The molecule has 2 aromatic heterocycles. The maximum atomic E-state index is 6.26. The average Bonchev–Trinajstić information content (AvgIpc) is 3.80. The third-order valence-corrected chi connectivity index (χ3v) is 11.8. The predicted molar refractivity (Wildman–Crippen MR) is 234 cm³/mol. The molecule has 0 fully saturated rings. The van der Waals surface area contributed by atoms with Gasteiger partial charge in [-0.3, -0.25) is 0 Å². The number of aromatic nitrogens is 2. The summed E-state index contributed by atoms with van der Waals surface area (Å²) in [5.41, 5.74) is 17.3. The van der Waals surface area contributed by atoms with Crippen molar-refractivity contribution in [2.75, 3.05) is 0 Å². The highest BCUT2D eigenvalue weighted by Crippen LogP contribution is 2.55. The van der Waals surface area contributed by atoms with Gasteiger partial charge >= 0.3 is 0 Å². The molecule has 0 saturated heterocycles. The summed E-state index contributed by atoms with van der Waals surface area (Å²) in [5.74, 6) is 0.692. The van der Waals surface area contributed by atoms with E-state index in [-0.39, 0.29) is 5.41 Å². The van der Waals surface area contributed by atoms with Crippen molar-refractivity contribution < 1.29 is 4.42 Å². The molecule has 2 heterocycles. The summed E-state index contributed by atoms with van der Waals surface area (Å²) in [6.45, 7) is 2.38. The Labute approximate surface area is 331 Å². The standard InChI is InChI=1S/C54H36N2O/c1-54(40-22-9-4-10-23-40)45-27-14-25-41(35-16-5-2-6-17-35)51(45)43-31-30-39(33-46(43)54)48-34-47(55-53(56-48)36-18-7-3-8-19-36)38-21-13-20-37(32-38)42-26-15-29-50-52(42)44-24-11-12-28-49(44)57-50/h2-34H,1H3. The van der Waals surface area contributed by atoms with Crippen molar-refractivity contribution in [2.45, 2.75) is 12.3 Å². The summed E-state index contributed by atoms with van der Waals surface area (Å²) in [6, 6.07) is 71.1. The smallest absolute Gasteiger partial charge is 0.160 e. The van der Waals surface area contributed by atoms with Crippen LogP contribution in [0.3, 0.4) is 0 Å². The molecule has 3 heteroatoms. The van der Waals surface area contributed by atoms with Crippen LogP contribution in [0.5, 0.6) is 0 Å². The van der Waals surface area contributed by atoms with Crippen LogP contribution in [0.25, 0.3) is 89.2 Å². The summed E-state index contributed by atoms with van der Waals surface area (Å²) in [7, 11) is 0. The summed E-state index contributed by atoms with van der Waals surface area (Å²) in [5, 5.41) is 2.23. The van der Waals surface area contributed by atoms with Crippen molar-refractivity contribution in [1.29, 1.82) is 0 Å². The highest BCUT2D eigenvalue weighted by molar-refractivity contribution is 6.12. The fraction of sp³-hybridized carbons (Fsp3) is 0.0370. The SMILES string of the molecule is CC1(c2ccccc2)c2cc(-c3cc(-c4cccc(-c5cccc6oc7ccccc7c56)c4)nc(-c4ccccc4)n3)ccc2-c2c(-c3ccccc3)cccc21. The number of nitrogens with zero attached hydrogens (tertiary/aromatic N) is 2. The maximum absolute atomic E-state index is 6.26. The van der Waals surface area contributed by atoms with Crippen molar-refractivity contribution in [1.82, 2.24) is 9.97 Å². The van der Waals surface area contributed by atoms with E-state index in [9.17, 15) is 0 Å². The molecule has 3 nitrogen and oxygen atoms in total. The van der Waals surface area contributed by atoms with Gasteiger partial charge in [-0.05, 0) is 87.3 Å². The van der Waals surface area contributed by atoms with Crippen LogP contribution in [-0.2, 0) is 5.41 Å². The predicted octanol–water partition coefficient (Wildman–Crippen LogP) is 14.0. The van der Waals surface area contributed by atoms with Crippen LogP contribution < -0.4 is 0 Å². The van der Waals surface area contributed by atoms with E-state index in [1.807, 2.05) is 36.4 Å². The molecule has 1 unspecified atom stereocenters. The Morgan fingerprint density at radius 1 is 0.404 bits per heavy atom. The topological polar surface area (TPSA) is 38.9 Å². The van der Waals surface area contributed by atoms with E-state index in [1.165, 1.54) is 38.9 Å². The zero-order valence-electron chi connectivity index (χ0n) is 31.4. The van der Waals surface area contributed by atoms with Gasteiger partial charge in [0.05, 0.1) is 11.4 Å². The summed E-state index contributed by atoms with van der Waals surface area (Å²) in [4.78, 5) is 10.5. The zero-order chi connectivity index (χ0) is 37.9. The molecule has 1 aliphatic carbocycles. The van der Waals surface area contributed by atoms with Gasteiger partial charge in [-0.25, -0.2) is 9.97 Å².